The maximum absolute atomic E-state index is 12.2. The predicted molar refractivity (Wildman–Crippen MR) is 112 cm³/mol. The van der Waals surface area contributed by atoms with E-state index in [0.29, 0.717) is 25.4 Å². The summed E-state index contributed by atoms with van der Waals surface area (Å²) in [6.45, 7) is 2.18. The molecule has 1 aromatic carbocycles. The van der Waals surface area contributed by atoms with Crippen molar-refractivity contribution in [3.63, 3.8) is 0 Å². The molecule has 0 unspecified atom stereocenters. The zero-order valence-electron chi connectivity index (χ0n) is 16.6. The van der Waals surface area contributed by atoms with E-state index < -0.39 is 0 Å². The fourth-order valence-corrected chi connectivity index (χ4v) is 3.98. The number of anilines is 1. The molecule has 1 atom stereocenters. The molecule has 1 amide bonds. The summed E-state index contributed by atoms with van der Waals surface area (Å²) >= 11 is 1.51. The van der Waals surface area contributed by atoms with Crippen LogP contribution in [0.15, 0.2) is 23.6 Å². The van der Waals surface area contributed by atoms with Gasteiger partial charge in [-0.3, -0.25) is 4.79 Å². The Hall–Kier alpha value is -2.83. The predicted octanol–water partition coefficient (Wildman–Crippen LogP) is 2.34. The molecule has 1 fully saturated rings. The molecule has 0 aliphatic carbocycles. The summed E-state index contributed by atoms with van der Waals surface area (Å²) in [4.78, 5) is 18.4. The van der Waals surface area contributed by atoms with Gasteiger partial charge in [0.25, 0.3) is 0 Å². The van der Waals surface area contributed by atoms with Gasteiger partial charge in [0.2, 0.25) is 5.91 Å². The topological polar surface area (TPSA) is 99.5 Å². The number of likely N-dealkylation sites (tertiary alicyclic amines) is 1. The number of thiazole rings is 1. The SMILES string of the molecule is COc1ccc(-c2csc(NCCNCC(=O)N3CCC[C@H]3C#N)n2)c(OC)c1. The average molecular weight is 416 g/mol. The Morgan fingerprint density at radius 2 is 2.24 bits per heavy atom. The van der Waals surface area contributed by atoms with E-state index in [1.165, 1.54) is 11.3 Å². The summed E-state index contributed by atoms with van der Waals surface area (Å²) in [5, 5.41) is 18.2. The summed E-state index contributed by atoms with van der Waals surface area (Å²) < 4.78 is 10.7. The maximum Gasteiger partial charge on any atom is 0.237 e. The van der Waals surface area contributed by atoms with Gasteiger partial charge < -0.3 is 25.0 Å². The quantitative estimate of drug-likeness (QED) is 0.607. The first kappa shape index (κ1) is 20.9. The molecule has 0 saturated carbocycles. The van der Waals surface area contributed by atoms with Crippen LogP contribution in [0.3, 0.4) is 0 Å². The van der Waals surface area contributed by atoms with Crippen LogP contribution in [0.5, 0.6) is 11.5 Å². The molecule has 8 nitrogen and oxygen atoms in total. The number of carbonyl (C=O) groups excluding carboxylic acids is 1. The number of carbonyl (C=O) groups is 1. The molecule has 0 spiro atoms. The van der Waals surface area contributed by atoms with Crippen LogP contribution in [0.4, 0.5) is 5.13 Å². The molecule has 0 radical (unpaired) electrons. The molecule has 154 valence electrons. The molecule has 2 aromatic rings. The van der Waals surface area contributed by atoms with Crippen molar-refractivity contribution in [2.75, 3.05) is 45.7 Å². The van der Waals surface area contributed by atoms with E-state index in [4.69, 9.17) is 14.7 Å². The van der Waals surface area contributed by atoms with Crippen LogP contribution in [0.25, 0.3) is 11.3 Å². The minimum absolute atomic E-state index is 0.0165. The minimum atomic E-state index is -0.272. The van der Waals surface area contributed by atoms with Gasteiger partial charge in [-0.15, -0.1) is 11.3 Å². The van der Waals surface area contributed by atoms with Crippen LogP contribution in [0, 0.1) is 11.3 Å². The summed E-state index contributed by atoms with van der Waals surface area (Å²) in [6, 6.07) is 7.56. The standard InChI is InChI=1S/C20H25N5O3S/c1-27-15-5-6-16(18(10-15)28-2)17-13-29-20(24-17)23-8-7-22-12-19(26)25-9-3-4-14(25)11-21/h5-6,10,13-14,22H,3-4,7-9,12H2,1-2H3,(H,23,24)/t14-/m0/s1. The van der Waals surface area contributed by atoms with Gasteiger partial charge in [-0.05, 0) is 25.0 Å². The average Bonchev–Trinajstić information content (AvgIpc) is 3.42. The molecule has 1 saturated heterocycles. The summed E-state index contributed by atoms with van der Waals surface area (Å²) in [6.07, 6.45) is 1.67. The molecule has 2 N–H and O–H groups in total. The first-order valence-corrected chi connectivity index (χ1v) is 10.4. The van der Waals surface area contributed by atoms with Crippen LogP contribution in [0.2, 0.25) is 0 Å². The molecule has 9 heteroatoms. The molecule has 2 heterocycles. The Labute approximate surface area is 174 Å². The van der Waals surface area contributed by atoms with Crippen LogP contribution in [-0.4, -0.2) is 62.2 Å². The first-order valence-electron chi connectivity index (χ1n) is 9.48. The van der Waals surface area contributed by atoms with E-state index in [0.717, 1.165) is 35.0 Å². The number of nitrogens with zero attached hydrogens (tertiary/aromatic N) is 3. The number of rotatable bonds is 9. The van der Waals surface area contributed by atoms with Gasteiger partial charge in [-0.1, -0.05) is 0 Å². The van der Waals surface area contributed by atoms with Gasteiger partial charge in [0.1, 0.15) is 17.5 Å². The second-order valence-electron chi connectivity index (χ2n) is 6.58. The second kappa shape index (κ2) is 10.1. The summed E-state index contributed by atoms with van der Waals surface area (Å²) in [7, 11) is 3.24. The van der Waals surface area contributed by atoms with Crippen molar-refractivity contribution >= 4 is 22.4 Å². The fraction of sp³-hybridized carbons (Fsp3) is 0.450. The molecule has 1 aliphatic rings. The third-order valence-corrected chi connectivity index (χ3v) is 5.57. The number of nitriles is 1. The number of benzene rings is 1. The fourth-order valence-electron chi connectivity index (χ4n) is 3.24. The Balaban J connectivity index is 1.45. The van der Waals surface area contributed by atoms with Crippen molar-refractivity contribution < 1.29 is 14.3 Å². The minimum Gasteiger partial charge on any atom is -0.497 e. The zero-order chi connectivity index (χ0) is 20.6. The van der Waals surface area contributed by atoms with Gasteiger partial charge in [0, 0.05) is 36.6 Å². The van der Waals surface area contributed by atoms with Crippen LogP contribution in [0.1, 0.15) is 12.8 Å². The lowest BCUT2D eigenvalue weighted by Crippen LogP contribution is -2.41. The smallest absolute Gasteiger partial charge is 0.237 e. The van der Waals surface area contributed by atoms with Crippen molar-refractivity contribution in [1.82, 2.24) is 15.2 Å². The highest BCUT2D eigenvalue weighted by Gasteiger charge is 2.27. The molecular weight excluding hydrogens is 390 g/mol. The van der Waals surface area contributed by atoms with Crippen molar-refractivity contribution in [2.24, 2.45) is 0 Å². The van der Waals surface area contributed by atoms with Crippen molar-refractivity contribution in [3.05, 3.63) is 23.6 Å². The maximum atomic E-state index is 12.2. The number of nitrogens with one attached hydrogen (secondary N) is 2. The van der Waals surface area contributed by atoms with Crippen LogP contribution < -0.4 is 20.1 Å². The third-order valence-electron chi connectivity index (χ3n) is 4.77. The van der Waals surface area contributed by atoms with Gasteiger partial charge in [-0.25, -0.2) is 4.98 Å². The van der Waals surface area contributed by atoms with Crippen LogP contribution in [-0.2, 0) is 4.79 Å². The number of hydrogen-bond acceptors (Lipinski definition) is 8. The van der Waals surface area contributed by atoms with E-state index in [2.05, 4.69) is 21.7 Å². The van der Waals surface area contributed by atoms with Crippen molar-refractivity contribution in [3.8, 4) is 28.8 Å². The van der Waals surface area contributed by atoms with Crippen molar-refractivity contribution in [1.29, 1.82) is 5.26 Å². The third kappa shape index (κ3) is 5.16. The normalized spacial score (nSPS) is 15.8. The Bertz CT molecular complexity index is 879. The lowest BCUT2D eigenvalue weighted by molar-refractivity contribution is -0.130. The molecule has 1 aliphatic heterocycles. The highest BCUT2D eigenvalue weighted by atomic mass is 32.1. The van der Waals surface area contributed by atoms with E-state index in [9.17, 15) is 4.79 Å². The Morgan fingerprint density at radius 3 is 3.00 bits per heavy atom. The molecule has 0 bridgehead atoms. The molecule has 3 rings (SSSR count). The Morgan fingerprint density at radius 1 is 1.38 bits per heavy atom. The number of hydrogen-bond donors (Lipinski definition) is 2. The van der Waals surface area contributed by atoms with Gasteiger partial charge in [-0.2, -0.15) is 5.26 Å². The lowest BCUT2D eigenvalue weighted by atomic mass is 10.1. The number of aromatic nitrogens is 1. The molecular formula is C20H25N5O3S. The van der Waals surface area contributed by atoms with Gasteiger partial charge in [0.15, 0.2) is 5.13 Å². The first-order chi connectivity index (χ1) is 14.2. The summed E-state index contributed by atoms with van der Waals surface area (Å²) in [5.74, 6) is 1.42. The molecule has 1 aromatic heterocycles. The van der Waals surface area contributed by atoms with E-state index >= 15 is 0 Å². The second-order valence-corrected chi connectivity index (χ2v) is 7.44. The lowest BCUT2D eigenvalue weighted by Gasteiger charge is -2.19. The Kier molecular flexibility index (Phi) is 7.27. The van der Waals surface area contributed by atoms with Gasteiger partial charge >= 0.3 is 0 Å². The summed E-state index contributed by atoms with van der Waals surface area (Å²) in [5.41, 5.74) is 1.73. The van der Waals surface area contributed by atoms with E-state index in [1.54, 1.807) is 19.1 Å². The highest BCUT2D eigenvalue weighted by Crippen LogP contribution is 2.34. The number of amides is 1. The van der Waals surface area contributed by atoms with E-state index in [-0.39, 0.29) is 18.5 Å². The monoisotopic (exact) mass is 415 g/mol. The van der Waals surface area contributed by atoms with E-state index in [1.807, 2.05) is 23.6 Å². The van der Waals surface area contributed by atoms with Gasteiger partial charge in [0.05, 0.1) is 32.5 Å². The molecule has 29 heavy (non-hydrogen) atoms. The largest absolute Gasteiger partial charge is 0.497 e. The number of ether oxygens (including phenoxy) is 2. The van der Waals surface area contributed by atoms with Crippen LogP contribution >= 0.6 is 11.3 Å². The zero-order valence-corrected chi connectivity index (χ0v) is 17.4. The van der Waals surface area contributed by atoms with Crippen molar-refractivity contribution in [2.45, 2.75) is 18.9 Å². The number of methoxy groups -OCH3 is 2. The highest BCUT2D eigenvalue weighted by molar-refractivity contribution is 7.14.